The number of ether oxygens (including phenoxy) is 3. The van der Waals surface area contributed by atoms with Gasteiger partial charge in [-0.25, -0.2) is 0 Å². The van der Waals surface area contributed by atoms with Crippen LogP contribution >= 0.6 is 0 Å². The summed E-state index contributed by atoms with van der Waals surface area (Å²) in [5.74, 6) is -0.257. The summed E-state index contributed by atoms with van der Waals surface area (Å²) in [6, 6.07) is 0. The minimum Gasteiger partial charge on any atom is -0.463 e. The second kappa shape index (κ2) is 67.0. The van der Waals surface area contributed by atoms with Crippen LogP contribution in [-0.4, -0.2) is 38.4 Å². The highest BCUT2D eigenvalue weighted by Crippen LogP contribution is 2.19. The second-order valence-electron chi connectivity index (χ2n) is 23.4. The zero-order valence-electron chi connectivity index (χ0n) is 50.3. The van der Waals surface area contributed by atoms with Crippen molar-refractivity contribution in [1.82, 2.24) is 0 Å². The second-order valence-corrected chi connectivity index (χ2v) is 23.4. The molecule has 0 bridgehead atoms. The molecule has 0 unspecified atom stereocenters. The smallest absolute Gasteiger partial charge is 0.305 e. The molecule has 0 aromatic heterocycles. The van der Waals surface area contributed by atoms with Crippen LogP contribution in [-0.2, 0) is 23.8 Å². The molecule has 0 atom stereocenters. The summed E-state index contributed by atoms with van der Waals surface area (Å²) in [6.07, 6.45) is 81.9. The van der Waals surface area contributed by atoms with E-state index in [1.54, 1.807) is 0 Å². The SMILES string of the molecule is CCCCCCCCCCCCCCCCCCCCCCCCCCCCCCCC(=O)OCCOCCOC(=O)CCCCCCCCCCCCCCCCCCCCCCCCCCCCCCC. The number of carbonyl (C=O) groups excluding carboxylic acids is 2. The van der Waals surface area contributed by atoms with E-state index < -0.39 is 0 Å². The molecule has 0 amide bonds. The Balaban J connectivity index is 3.21. The minimum atomic E-state index is -0.128. The molecule has 436 valence electrons. The minimum absolute atomic E-state index is 0.128. The molecule has 73 heavy (non-hydrogen) atoms. The molecule has 0 spiro atoms. The van der Waals surface area contributed by atoms with Gasteiger partial charge in [0, 0.05) is 12.8 Å². The summed E-state index contributed by atoms with van der Waals surface area (Å²) in [4.78, 5) is 24.2. The first-order valence-corrected chi connectivity index (χ1v) is 34.1. The van der Waals surface area contributed by atoms with Gasteiger partial charge in [-0.3, -0.25) is 9.59 Å². The van der Waals surface area contributed by atoms with Crippen LogP contribution < -0.4 is 0 Å². The van der Waals surface area contributed by atoms with E-state index in [2.05, 4.69) is 13.8 Å². The van der Waals surface area contributed by atoms with Crippen LogP contribution in [0.3, 0.4) is 0 Å². The molecule has 0 aliphatic heterocycles. The first-order valence-electron chi connectivity index (χ1n) is 34.1. The van der Waals surface area contributed by atoms with Crippen molar-refractivity contribution in [2.45, 2.75) is 399 Å². The van der Waals surface area contributed by atoms with Crippen molar-refractivity contribution in [3.63, 3.8) is 0 Å². The van der Waals surface area contributed by atoms with E-state index in [1.165, 1.54) is 347 Å². The number of unbranched alkanes of at least 4 members (excludes halogenated alkanes) is 56. The molecule has 0 fully saturated rings. The van der Waals surface area contributed by atoms with Gasteiger partial charge in [0.1, 0.15) is 13.2 Å². The Morgan fingerprint density at radius 3 is 0.479 bits per heavy atom. The number of hydrogen-bond acceptors (Lipinski definition) is 5. The van der Waals surface area contributed by atoms with Gasteiger partial charge in [0.05, 0.1) is 13.2 Å². The Morgan fingerprint density at radius 1 is 0.192 bits per heavy atom. The highest BCUT2D eigenvalue weighted by Gasteiger charge is 2.06. The van der Waals surface area contributed by atoms with Gasteiger partial charge in [-0.05, 0) is 12.8 Å². The molecular formula is C68H134O5. The van der Waals surface area contributed by atoms with Crippen LogP contribution in [0, 0.1) is 0 Å². The molecular weight excluding hydrogens is 897 g/mol. The summed E-state index contributed by atoms with van der Waals surface area (Å²) in [5, 5.41) is 0. The average molecular weight is 1030 g/mol. The third-order valence-electron chi connectivity index (χ3n) is 16.0. The molecule has 0 aliphatic carbocycles. The van der Waals surface area contributed by atoms with Crippen LogP contribution in [0.2, 0.25) is 0 Å². The summed E-state index contributed by atoms with van der Waals surface area (Å²) >= 11 is 0. The molecule has 0 N–H and O–H groups in total. The first kappa shape index (κ1) is 71.9. The van der Waals surface area contributed by atoms with E-state index in [4.69, 9.17) is 14.2 Å². The van der Waals surface area contributed by atoms with Crippen LogP contribution in [0.5, 0.6) is 0 Å². The molecule has 5 heteroatoms. The largest absolute Gasteiger partial charge is 0.463 e. The third-order valence-corrected chi connectivity index (χ3v) is 16.0. The van der Waals surface area contributed by atoms with Crippen molar-refractivity contribution in [1.29, 1.82) is 0 Å². The zero-order valence-corrected chi connectivity index (χ0v) is 50.3. The molecule has 0 aromatic rings. The average Bonchev–Trinajstić information content (AvgIpc) is 3.39. The van der Waals surface area contributed by atoms with Crippen LogP contribution in [0.1, 0.15) is 399 Å². The summed E-state index contributed by atoms with van der Waals surface area (Å²) in [5.41, 5.74) is 0. The molecule has 0 saturated carbocycles. The van der Waals surface area contributed by atoms with E-state index in [0.29, 0.717) is 26.1 Å². The van der Waals surface area contributed by atoms with Crippen molar-refractivity contribution < 1.29 is 23.8 Å². The summed E-state index contributed by atoms with van der Waals surface area (Å²) in [7, 11) is 0. The highest BCUT2D eigenvalue weighted by atomic mass is 16.6. The quantitative estimate of drug-likeness (QED) is 0.0449. The van der Waals surface area contributed by atoms with Crippen molar-refractivity contribution >= 4 is 11.9 Å². The van der Waals surface area contributed by atoms with Crippen LogP contribution in [0.4, 0.5) is 0 Å². The van der Waals surface area contributed by atoms with E-state index in [0.717, 1.165) is 25.7 Å². The fourth-order valence-electron chi connectivity index (χ4n) is 10.9. The standard InChI is InChI=1S/C68H134O5/c1-3-5-7-9-11-13-15-17-19-21-23-25-27-29-31-33-35-37-39-41-43-45-47-49-51-53-55-57-59-61-67(69)72-65-63-71-64-66-73-68(70)62-60-58-56-54-52-50-48-46-44-42-40-38-36-34-32-30-28-26-24-22-20-18-16-14-12-10-8-6-4-2/h3-66H2,1-2H3. The van der Waals surface area contributed by atoms with E-state index in [-0.39, 0.29) is 25.2 Å². The molecule has 5 nitrogen and oxygen atoms in total. The predicted molar refractivity (Wildman–Crippen MR) is 321 cm³/mol. The highest BCUT2D eigenvalue weighted by molar-refractivity contribution is 5.69. The lowest BCUT2D eigenvalue weighted by Crippen LogP contribution is -2.14. The summed E-state index contributed by atoms with van der Waals surface area (Å²) < 4.78 is 16.2. The van der Waals surface area contributed by atoms with Crippen molar-refractivity contribution in [2.24, 2.45) is 0 Å². The lowest BCUT2D eigenvalue weighted by Gasteiger charge is -2.07. The number of esters is 2. The first-order chi connectivity index (χ1) is 36.2. The topological polar surface area (TPSA) is 61.8 Å². The molecule has 0 aliphatic rings. The van der Waals surface area contributed by atoms with Gasteiger partial charge in [-0.15, -0.1) is 0 Å². The Kier molecular flexibility index (Phi) is 66.0. The number of carbonyl (C=O) groups is 2. The lowest BCUT2D eigenvalue weighted by atomic mass is 10.0. The Bertz CT molecular complexity index is 936. The van der Waals surface area contributed by atoms with Crippen molar-refractivity contribution in [2.75, 3.05) is 26.4 Å². The van der Waals surface area contributed by atoms with Crippen molar-refractivity contribution in [3.05, 3.63) is 0 Å². The monoisotopic (exact) mass is 1030 g/mol. The molecule has 0 radical (unpaired) electrons. The molecule has 0 heterocycles. The number of rotatable bonds is 66. The third kappa shape index (κ3) is 67.0. The van der Waals surface area contributed by atoms with Crippen molar-refractivity contribution in [3.8, 4) is 0 Å². The fraction of sp³-hybridized carbons (Fsp3) is 0.971. The van der Waals surface area contributed by atoms with Gasteiger partial charge in [-0.2, -0.15) is 0 Å². The van der Waals surface area contributed by atoms with E-state index in [1.807, 2.05) is 0 Å². The predicted octanol–water partition coefficient (Wildman–Crippen LogP) is 23.5. The molecule has 0 saturated heterocycles. The van der Waals surface area contributed by atoms with Gasteiger partial charge in [-0.1, -0.05) is 373 Å². The van der Waals surface area contributed by atoms with Crippen LogP contribution in [0.25, 0.3) is 0 Å². The van der Waals surface area contributed by atoms with Gasteiger partial charge in [0.2, 0.25) is 0 Å². The maximum Gasteiger partial charge on any atom is 0.305 e. The molecule has 0 rings (SSSR count). The van der Waals surface area contributed by atoms with E-state index in [9.17, 15) is 9.59 Å². The maximum absolute atomic E-state index is 12.1. The fourth-order valence-corrected chi connectivity index (χ4v) is 10.9. The Labute approximate surface area is 459 Å². The lowest BCUT2D eigenvalue weighted by molar-refractivity contribution is -0.146. The maximum atomic E-state index is 12.1. The number of hydrogen-bond donors (Lipinski definition) is 0. The van der Waals surface area contributed by atoms with Gasteiger partial charge in [0.25, 0.3) is 0 Å². The normalized spacial score (nSPS) is 11.5. The Morgan fingerprint density at radius 2 is 0.329 bits per heavy atom. The van der Waals surface area contributed by atoms with Gasteiger partial charge < -0.3 is 14.2 Å². The van der Waals surface area contributed by atoms with E-state index >= 15 is 0 Å². The van der Waals surface area contributed by atoms with Gasteiger partial charge in [0.15, 0.2) is 0 Å². The summed E-state index contributed by atoms with van der Waals surface area (Å²) in [6.45, 7) is 5.84. The molecule has 0 aromatic carbocycles. The van der Waals surface area contributed by atoms with Gasteiger partial charge >= 0.3 is 11.9 Å². The van der Waals surface area contributed by atoms with Crippen LogP contribution in [0.15, 0.2) is 0 Å². The Hall–Kier alpha value is -1.10. The zero-order chi connectivity index (χ0) is 52.5.